The maximum atomic E-state index is 9.05. The third-order valence-corrected chi connectivity index (χ3v) is 4.76. The summed E-state index contributed by atoms with van der Waals surface area (Å²) in [5.41, 5.74) is 4.46. The molecule has 2 aromatic heterocycles. The lowest BCUT2D eigenvalue weighted by atomic mass is 10.1. The molecule has 2 N–H and O–H groups in total. The number of nitrogens with zero attached hydrogens (tertiary/aromatic N) is 3. The van der Waals surface area contributed by atoms with Crippen LogP contribution >= 0.6 is 11.3 Å². The average Bonchev–Trinajstić information content (AvgIpc) is 3.04. The van der Waals surface area contributed by atoms with Crippen molar-refractivity contribution in [2.75, 3.05) is 6.61 Å². The largest absolute Gasteiger partial charge is 0.394 e. The summed E-state index contributed by atoms with van der Waals surface area (Å²) in [5, 5.41) is 20.4. The summed E-state index contributed by atoms with van der Waals surface area (Å²) < 4.78 is 1.87. The Balaban J connectivity index is 2.02. The molecule has 0 bridgehead atoms. The van der Waals surface area contributed by atoms with Crippen LogP contribution < -0.4 is 5.32 Å². The van der Waals surface area contributed by atoms with Crippen molar-refractivity contribution in [2.24, 2.45) is 0 Å². The van der Waals surface area contributed by atoms with E-state index < -0.39 is 0 Å². The highest BCUT2D eigenvalue weighted by Gasteiger charge is 2.14. The highest BCUT2D eigenvalue weighted by molar-refractivity contribution is 7.09. The Hall–Kier alpha value is -1.24. The third kappa shape index (κ3) is 3.70. The lowest BCUT2D eigenvalue weighted by Crippen LogP contribution is -2.19. The molecule has 2 aromatic rings. The van der Waals surface area contributed by atoms with Crippen LogP contribution in [0.25, 0.3) is 0 Å². The maximum absolute atomic E-state index is 9.05. The van der Waals surface area contributed by atoms with Gasteiger partial charge in [-0.05, 0) is 27.2 Å². The van der Waals surface area contributed by atoms with Gasteiger partial charge in [0.25, 0.3) is 0 Å². The Kier molecular flexibility index (Phi) is 5.50. The van der Waals surface area contributed by atoms with Gasteiger partial charge in [-0.15, -0.1) is 11.3 Å². The zero-order valence-corrected chi connectivity index (χ0v) is 14.0. The first-order valence-electron chi connectivity index (χ1n) is 7.38. The van der Waals surface area contributed by atoms with Crippen molar-refractivity contribution in [3.63, 3.8) is 0 Å². The van der Waals surface area contributed by atoms with E-state index in [2.05, 4.69) is 41.6 Å². The van der Waals surface area contributed by atoms with Crippen LogP contribution in [-0.2, 0) is 19.5 Å². The second-order valence-corrected chi connectivity index (χ2v) is 6.16. The van der Waals surface area contributed by atoms with E-state index in [1.807, 2.05) is 11.6 Å². The monoisotopic (exact) mass is 308 g/mol. The summed E-state index contributed by atoms with van der Waals surface area (Å²) in [7, 11) is 0. The van der Waals surface area contributed by atoms with E-state index >= 15 is 0 Å². The average molecular weight is 308 g/mol. The second-order valence-electron chi connectivity index (χ2n) is 5.22. The minimum absolute atomic E-state index is 0.115. The number of hydrogen-bond donors (Lipinski definition) is 2. The van der Waals surface area contributed by atoms with E-state index in [0.29, 0.717) is 6.54 Å². The summed E-state index contributed by atoms with van der Waals surface area (Å²) in [4.78, 5) is 4.62. The fourth-order valence-electron chi connectivity index (χ4n) is 2.35. The second kappa shape index (κ2) is 7.15. The van der Waals surface area contributed by atoms with Crippen molar-refractivity contribution in [3.05, 3.63) is 33.0 Å². The molecule has 0 aliphatic rings. The van der Waals surface area contributed by atoms with Gasteiger partial charge in [-0.25, -0.2) is 4.98 Å². The molecule has 116 valence electrons. The van der Waals surface area contributed by atoms with Crippen molar-refractivity contribution >= 4 is 11.3 Å². The third-order valence-electron chi connectivity index (χ3n) is 3.74. The molecule has 6 heteroatoms. The number of aliphatic hydroxyl groups excluding tert-OH is 1. The number of thiazole rings is 1. The highest BCUT2D eigenvalue weighted by Crippen LogP contribution is 2.19. The molecule has 0 saturated heterocycles. The molecule has 0 aromatic carbocycles. The van der Waals surface area contributed by atoms with Gasteiger partial charge >= 0.3 is 0 Å². The van der Waals surface area contributed by atoms with Gasteiger partial charge in [-0.2, -0.15) is 5.10 Å². The Morgan fingerprint density at radius 2 is 2.19 bits per heavy atom. The van der Waals surface area contributed by atoms with Crippen molar-refractivity contribution in [1.82, 2.24) is 20.1 Å². The van der Waals surface area contributed by atoms with E-state index in [0.717, 1.165) is 30.0 Å². The van der Waals surface area contributed by atoms with Gasteiger partial charge in [-0.1, -0.05) is 6.92 Å². The molecule has 0 amide bonds. The smallest absolute Gasteiger partial charge is 0.0926 e. The Labute approximate surface area is 130 Å². The van der Waals surface area contributed by atoms with Crippen LogP contribution in [0.2, 0.25) is 0 Å². The Bertz CT molecular complexity index is 591. The number of nitrogens with one attached hydrogen (secondary N) is 1. The van der Waals surface area contributed by atoms with Crippen molar-refractivity contribution in [2.45, 2.75) is 53.2 Å². The molecule has 0 fully saturated rings. The lowest BCUT2D eigenvalue weighted by Gasteiger charge is -2.12. The highest BCUT2D eigenvalue weighted by atomic mass is 32.1. The first-order chi connectivity index (χ1) is 10.1. The normalized spacial score (nSPS) is 12.8. The number of hydrogen-bond acceptors (Lipinski definition) is 5. The molecule has 0 saturated carbocycles. The van der Waals surface area contributed by atoms with Gasteiger partial charge in [-0.3, -0.25) is 4.68 Å². The van der Waals surface area contributed by atoms with Gasteiger partial charge in [0.2, 0.25) is 0 Å². The predicted octanol–water partition coefficient (Wildman–Crippen LogP) is 2.36. The topological polar surface area (TPSA) is 63.0 Å². The number of aromatic nitrogens is 3. The molecule has 5 nitrogen and oxygen atoms in total. The predicted molar refractivity (Wildman–Crippen MR) is 85.5 cm³/mol. The van der Waals surface area contributed by atoms with E-state index in [1.54, 1.807) is 11.3 Å². The minimum atomic E-state index is 0.115. The lowest BCUT2D eigenvalue weighted by molar-refractivity contribution is 0.267. The molecule has 2 heterocycles. The van der Waals surface area contributed by atoms with Gasteiger partial charge in [0, 0.05) is 29.2 Å². The SMILES string of the molecule is CCc1nc(C(C)NCc2c(C)nn(CCO)c2C)cs1. The standard InChI is InChI=1S/C15H24N4OS/c1-5-15-17-14(9-21-15)11(3)16-8-13-10(2)18-19(6-7-20)12(13)4/h9,11,16,20H,5-8H2,1-4H3. The number of rotatable bonds is 7. The van der Waals surface area contributed by atoms with Crippen LogP contribution in [-0.4, -0.2) is 26.5 Å². The van der Waals surface area contributed by atoms with Crippen LogP contribution in [0.4, 0.5) is 0 Å². The maximum Gasteiger partial charge on any atom is 0.0926 e. The van der Waals surface area contributed by atoms with Crippen LogP contribution in [0.15, 0.2) is 5.38 Å². The first kappa shape index (κ1) is 16.1. The molecule has 21 heavy (non-hydrogen) atoms. The van der Waals surface area contributed by atoms with Gasteiger partial charge in [0.15, 0.2) is 0 Å². The quantitative estimate of drug-likeness (QED) is 0.824. The minimum Gasteiger partial charge on any atom is -0.394 e. The van der Waals surface area contributed by atoms with Crippen molar-refractivity contribution in [1.29, 1.82) is 0 Å². The van der Waals surface area contributed by atoms with E-state index in [9.17, 15) is 0 Å². The molecule has 2 rings (SSSR count). The summed E-state index contributed by atoms with van der Waals surface area (Å²) in [6, 6.07) is 0.224. The first-order valence-corrected chi connectivity index (χ1v) is 8.26. The number of aryl methyl sites for hydroxylation is 2. The fraction of sp³-hybridized carbons (Fsp3) is 0.600. The van der Waals surface area contributed by atoms with E-state index in [4.69, 9.17) is 5.11 Å². The van der Waals surface area contributed by atoms with Crippen LogP contribution in [0.3, 0.4) is 0 Å². The van der Waals surface area contributed by atoms with Gasteiger partial charge in [0.1, 0.15) is 0 Å². The van der Waals surface area contributed by atoms with E-state index in [1.165, 1.54) is 10.6 Å². The van der Waals surface area contributed by atoms with Crippen molar-refractivity contribution in [3.8, 4) is 0 Å². The fourth-order valence-corrected chi connectivity index (χ4v) is 3.19. The Morgan fingerprint density at radius 1 is 1.43 bits per heavy atom. The molecule has 0 radical (unpaired) electrons. The molecular weight excluding hydrogens is 284 g/mol. The zero-order valence-electron chi connectivity index (χ0n) is 13.2. The van der Waals surface area contributed by atoms with Crippen LogP contribution in [0, 0.1) is 13.8 Å². The number of aliphatic hydroxyl groups is 1. The van der Waals surface area contributed by atoms with Crippen molar-refractivity contribution < 1.29 is 5.11 Å². The van der Waals surface area contributed by atoms with Gasteiger partial charge in [0.05, 0.1) is 29.5 Å². The summed E-state index contributed by atoms with van der Waals surface area (Å²) in [5.74, 6) is 0. The summed E-state index contributed by atoms with van der Waals surface area (Å²) in [6.45, 7) is 9.76. The molecule has 0 aliphatic carbocycles. The van der Waals surface area contributed by atoms with Crippen LogP contribution in [0.1, 0.15) is 47.5 Å². The van der Waals surface area contributed by atoms with Gasteiger partial charge < -0.3 is 10.4 Å². The molecule has 0 spiro atoms. The molecule has 1 atom stereocenters. The Morgan fingerprint density at radius 3 is 2.81 bits per heavy atom. The van der Waals surface area contributed by atoms with E-state index in [-0.39, 0.29) is 12.6 Å². The zero-order chi connectivity index (χ0) is 15.4. The molecule has 1 unspecified atom stereocenters. The van der Waals surface area contributed by atoms with Crippen LogP contribution in [0.5, 0.6) is 0 Å². The summed E-state index contributed by atoms with van der Waals surface area (Å²) >= 11 is 1.72. The summed E-state index contributed by atoms with van der Waals surface area (Å²) in [6.07, 6.45) is 0.990. The molecular formula is C15H24N4OS. The molecule has 0 aliphatic heterocycles.